The maximum Gasteiger partial charge on any atom is 0.256 e. The van der Waals surface area contributed by atoms with Crippen LogP contribution in [0.3, 0.4) is 0 Å². The predicted molar refractivity (Wildman–Crippen MR) is 65.6 cm³/mol. The third-order valence-electron chi connectivity index (χ3n) is 2.47. The first kappa shape index (κ1) is 13.5. The van der Waals surface area contributed by atoms with E-state index in [4.69, 9.17) is 0 Å². The number of sulfonamides is 1. The van der Waals surface area contributed by atoms with Crippen molar-refractivity contribution in [2.24, 2.45) is 0 Å². The molecule has 0 saturated heterocycles. The summed E-state index contributed by atoms with van der Waals surface area (Å²) in [5, 5.41) is 11.6. The topological polar surface area (TPSA) is 57.6 Å². The van der Waals surface area contributed by atoms with E-state index in [1.54, 1.807) is 12.3 Å². The first-order valence-corrected chi connectivity index (χ1v) is 7.41. The number of aromatic hydroxyl groups is 1. The van der Waals surface area contributed by atoms with Gasteiger partial charge in [-0.1, -0.05) is 20.8 Å². The van der Waals surface area contributed by atoms with E-state index in [1.165, 1.54) is 11.4 Å². The highest BCUT2D eigenvalue weighted by atomic mass is 32.2. The highest BCUT2D eigenvalue weighted by Crippen LogP contribution is 2.38. The molecule has 0 aliphatic carbocycles. The molecule has 0 fully saturated rings. The number of nitrogens with zero attached hydrogens (tertiary/aromatic N) is 1. The minimum Gasteiger partial charge on any atom is -0.505 e. The summed E-state index contributed by atoms with van der Waals surface area (Å²) in [5.74, 6) is 0.0208. The van der Waals surface area contributed by atoms with E-state index in [1.807, 2.05) is 13.8 Å². The summed E-state index contributed by atoms with van der Waals surface area (Å²) in [7, 11) is -2.03. The molecular formula is C10H17NO3S2. The average molecular weight is 263 g/mol. The van der Waals surface area contributed by atoms with Crippen LogP contribution in [0.15, 0.2) is 9.59 Å². The van der Waals surface area contributed by atoms with E-state index in [0.29, 0.717) is 12.1 Å². The van der Waals surface area contributed by atoms with Crippen molar-refractivity contribution in [1.82, 2.24) is 4.31 Å². The van der Waals surface area contributed by atoms with Gasteiger partial charge in [0.05, 0.1) is 0 Å². The molecule has 0 amide bonds. The minimum absolute atomic E-state index is 0.0422. The highest BCUT2D eigenvalue weighted by Gasteiger charge is 2.27. The molecule has 0 aliphatic heterocycles. The molecule has 16 heavy (non-hydrogen) atoms. The Morgan fingerprint density at radius 3 is 2.44 bits per heavy atom. The molecular weight excluding hydrogens is 246 g/mol. The molecule has 0 bridgehead atoms. The van der Waals surface area contributed by atoms with Gasteiger partial charge in [-0.05, 0) is 11.3 Å². The Kier molecular flexibility index (Phi) is 3.98. The summed E-state index contributed by atoms with van der Waals surface area (Å²) in [6.07, 6.45) is 0. The normalized spacial score (nSPS) is 12.6. The van der Waals surface area contributed by atoms with Crippen molar-refractivity contribution in [3.63, 3.8) is 0 Å². The van der Waals surface area contributed by atoms with Crippen molar-refractivity contribution < 1.29 is 13.5 Å². The van der Waals surface area contributed by atoms with Crippen LogP contribution in [0.1, 0.15) is 32.3 Å². The van der Waals surface area contributed by atoms with Gasteiger partial charge in [-0.2, -0.15) is 0 Å². The number of hydrogen-bond donors (Lipinski definition) is 1. The fourth-order valence-electron chi connectivity index (χ4n) is 1.25. The molecule has 1 N–H and O–H groups in total. The van der Waals surface area contributed by atoms with Crippen LogP contribution in [0.25, 0.3) is 0 Å². The predicted octanol–water partition coefficient (Wildman–Crippen LogP) is 2.22. The van der Waals surface area contributed by atoms with E-state index >= 15 is 0 Å². The van der Waals surface area contributed by atoms with E-state index in [9.17, 15) is 13.5 Å². The van der Waals surface area contributed by atoms with Crippen LogP contribution < -0.4 is 0 Å². The van der Waals surface area contributed by atoms with Gasteiger partial charge >= 0.3 is 0 Å². The van der Waals surface area contributed by atoms with Crippen LogP contribution in [0.2, 0.25) is 0 Å². The molecule has 0 aromatic carbocycles. The average Bonchev–Trinajstić information content (AvgIpc) is 2.59. The molecule has 0 spiro atoms. The molecule has 1 heterocycles. The Balaban J connectivity index is 3.26. The van der Waals surface area contributed by atoms with Crippen LogP contribution in [-0.2, 0) is 10.0 Å². The van der Waals surface area contributed by atoms with Crippen molar-refractivity contribution in [3.8, 4) is 5.75 Å². The van der Waals surface area contributed by atoms with Crippen molar-refractivity contribution in [1.29, 1.82) is 0 Å². The molecule has 92 valence electrons. The lowest BCUT2D eigenvalue weighted by Crippen LogP contribution is -2.25. The summed E-state index contributed by atoms with van der Waals surface area (Å²) in [4.78, 5) is 0. The van der Waals surface area contributed by atoms with E-state index < -0.39 is 10.0 Å². The number of thiophene rings is 1. The fraction of sp³-hybridized carbons (Fsp3) is 0.600. The Morgan fingerprint density at radius 1 is 1.50 bits per heavy atom. The zero-order chi connectivity index (χ0) is 12.5. The summed E-state index contributed by atoms with van der Waals surface area (Å²) in [6, 6.07) is 0. The Labute approximate surface area is 101 Å². The van der Waals surface area contributed by atoms with E-state index in [2.05, 4.69) is 0 Å². The lowest BCUT2D eigenvalue weighted by Gasteiger charge is -2.13. The van der Waals surface area contributed by atoms with Gasteiger partial charge in [0, 0.05) is 19.2 Å². The second-order valence-corrected chi connectivity index (χ2v) is 7.02. The molecule has 0 atom stereocenters. The molecule has 0 aliphatic rings. The fourth-order valence-corrected chi connectivity index (χ4v) is 4.10. The Hall–Kier alpha value is -0.590. The maximum atomic E-state index is 12.0. The van der Waals surface area contributed by atoms with Crippen molar-refractivity contribution in [2.75, 3.05) is 13.6 Å². The van der Waals surface area contributed by atoms with Gasteiger partial charge in [-0.15, -0.1) is 11.3 Å². The summed E-state index contributed by atoms with van der Waals surface area (Å²) >= 11 is 1.08. The SMILES string of the molecule is CCN(C)S(=O)(=O)c1scc(C(C)C)c1O. The van der Waals surface area contributed by atoms with E-state index in [-0.39, 0.29) is 15.9 Å². The van der Waals surface area contributed by atoms with Crippen LogP contribution in [0, 0.1) is 0 Å². The van der Waals surface area contributed by atoms with E-state index in [0.717, 1.165) is 11.3 Å². The van der Waals surface area contributed by atoms with Gasteiger partial charge in [-0.25, -0.2) is 12.7 Å². The largest absolute Gasteiger partial charge is 0.505 e. The zero-order valence-electron chi connectivity index (χ0n) is 9.89. The van der Waals surface area contributed by atoms with Crippen molar-refractivity contribution >= 4 is 21.4 Å². The molecule has 1 rings (SSSR count). The van der Waals surface area contributed by atoms with Crippen LogP contribution >= 0.6 is 11.3 Å². The van der Waals surface area contributed by atoms with Gasteiger partial charge in [0.1, 0.15) is 5.75 Å². The van der Waals surface area contributed by atoms with Crippen LogP contribution in [-0.4, -0.2) is 31.4 Å². The second-order valence-electron chi connectivity index (χ2n) is 3.90. The lowest BCUT2D eigenvalue weighted by molar-refractivity contribution is 0.445. The lowest BCUT2D eigenvalue weighted by atomic mass is 10.1. The molecule has 0 saturated carbocycles. The molecule has 0 unspecified atom stereocenters. The summed E-state index contributed by atoms with van der Waals surface area (Å²) in [6.45, 7) is 5.98. The highest BCUT2D eigenvalue weighted by molar-refractivity contribution is 7.91. The first-order chi connectivity index (χ1) is 7.32. The van der Waals surface area contributed by atoms with Crippen LogP contribution in [0.4, 0.5) is 0 Å². The maximum absolute atomic E-state index is 12.0. The molecule has 1 aromatic heterocycles. The first-order valence-electron chi connectivity index (χ1n) is 5.09. The van der Waals surface area contributed by atoms with Gasteiger partial charge < -0.3 is 5.11 Å². The zero-order valence-corrected chi connectivity index (χ0v) is 11.5. The van der Waals surface area contributed by atoms with Gasteiger partial charge in [0.2, 0.25) is 0 Å². The quantitative estimate of drug-likeness (QED) is 0.906. The van der Waals surface area contributed by atoms with Gasteiger partial charge in [0.15, 0.2) is 4.21 Å². The third-order valence-corrected chi connectivity index (χ3v) is 5.91. The Bertz CT molecular complexity index is 462. The molecule has 6 heteroatoms. The summed E-state index contributed by atoms with van der Waals surface area (Å²) < 4.78 is 25.3. The summed E-state index contributed by atoms with van der Waals surface area (Å²) in [5.41, 5.74) is 0.688. The second kappa shape index (κ2) is 4.73. The van der Waals surface area contributed by atoms with Crippen molar-refractivity contribution in [3.05, 3.63) is 10.9 Å². The molecule has 4 nitrogen and oxygen atoms in total. The molecule has 0 radical (unpaired) electrons. The third kappa shape index (κ3) is 2.23. The van der Waals surface area contributed by atoms with Gasteiger partial charge in [0.25, 0.3) is 10.0 Å². The minimum atomic E-state index is -3.53. The van der Waals surface area contributed by atoms with Crippen LogP contribution in [0.5, 0.6) is 5.75 Å². The molecule has 1 aromatic rings. The smallest absolute Gasteiger partial charge is 0.256 e. The number of rotatable bonds is 4. The monoisotopic (exact) mass is 263 g/mol. The standard InChI is InChI=1S/C10H17NO3S2/c1-5-11(4)16(13,14)10-9(12)8(6-15-10)7(2)3/h6-7,12H,5H2,1-4H3. The Morgan fingerprint density at radius 2 is 2.06 bits per heavy atom. The van der Waals surface area contributed by atoms with Crippen molar-refractivity contribution in [2.45, 2.75) is 30.9 Å². The van der Waals surface area contributed by atoms with Gasteiger partial charge in [-0.3, -0.25) is 0 Å². The number of hydrogen-bond acceptors (Lipinski definition) is 4.